The second-order valence-electron chi connectivity index (χ2n) is 12.4. The molecule has 0 bridgehead atoms. The van der Waals surface area contributed by atoms with Crippen molar-refractivity contribution >= 4 is 29.2 Å². The molecule has 4 rings (SSSR count). The van der Waals surface area contributed by atoms with Gasteiger partial charge >= 0.3 is 0 Å². The largest absolute Gasteiger partial charge is 0.506 e. The number of phenols is 1. The zero-order chi connectivity index (χ0) is 29.8. The second kappa shape index (κ2) is 12.8. The summed E-state index contributed by atoms with van der Waals surface area (Å²) in [6.07, 6.45) is 1.64. The van der Waals surface area contributed by atoms with Crippen molar-refractivity contribution in [2.24, 2.45) is 0 Å². The van der Waals surface area contributed by atoms with Crippen LogP contribution in [-0.4, -0.2) is 70.5 Å². The van der Waals surface area contributed by atoms with Crippen molar-refractivity contribution in [1.29, 1.82) is 0 Å². The third-order valence-electron chi connectivity index (χ3n) is 8.45. The highest BCUT2D eigenvalue weighted by Crippen LogP contribution is 2.41. The van der Waals surface area contributed by atoms with Crippen molar-refractivity contribution in [2.75, 3.05) is 32.7 Å². The first-order valence-corrected chi connectivity index (χ1v) is 18.7. The SMILES string of the molecule is CC(C)(C)[Si](C)(C)O[C@H](CNC1CCN(CCNS(=O)(=O)c2ccccc2)CC1)c1ccc(O)c2[nH]c(=O)ccc12. The van der Waals surface area contributed by atoms with Gasteiger partial charge in [-0.15, -0.1) is 0 Å². The molecule has 1 aromatic heterocycles. The van der Waals surface area contributed by atoms with Gasteiger partial charge in [0.05, 0.1) is 16.5 Å². The van der Waals surface area contributed by atoms with E-state index >= 15 is 0 Å². The molecule has 41 heavy (non-hydrogen) atoms. The minimum Gasteiger partial charge on any atom is -0.506 e. The van der Waals surface area contributed by atoms with E-state index in [0.29, 0.717) is 31.2 Å². The minimum absolute atomic E-state index is 0.0135. The standard InChI is InChI=1S/C30H44N4O5SSi/c1-30(2,3)41(4,5)39-27(24-11-13-26(35)29-25(24)12-14-28(36)33-29)21-31-22-15-18-34(19-16-22)20-17-32-40(37,38)23-9-7-6-8-10-23/h6-14,22,27,31-32,35H,15-21H2,1-5H3,(H,33,36)/t27-/m1/s1. The lowest BCUT2D eigenvalue weighted by Crippen LogP contribution is -2.47. The van der Waals surface area contributed by atoms with E-state index in [2.05, 4.69) is 53.8 Å². The van der Waals surface area contributed by atoms with Crippen LogP contribution in [0, 0.1) is 0 Å². The molecule has 2 heterocycles. The quantitative estimate of drug-likeness (QED) is 0.242. The van der Waals surface area contributed by atoms with Crippen LogP contribution < -0.4 is 15.6 Å². The number of pyridine rings is 1. The number of nitrogens with zero attached hydrogens (tertiary/aromatic N) is 1. The zero-order valence-corrected chi connectivity index (χ0v) is 26.6. The van der Waals surface area contributed by atoms with E-state index in [1.165, 1.54) is 6.07 Å². The fraction of sp³-hybridized carbons (Fsp3) is 0.500. The maximum atomic E-state index is 12.5. The molecule has 3 aromatic rings. The van der Waals surface area contributed by atoms with Crippen LogP contribution in [0.5, 0.6) is 5.75 Å². The molecule has 0 unspecified atom stereocenters. The van der Waals surface area contributed by atoms with E-state index in [1.807, 2.05) is 6.07 Å². The summed E-state index contributed by atoms with van der Waals surface area (Å²) >= 11 is 0. The number of aromatic nitrogens is 1. The molecule has 9 nitrogen and oxygen atoms in total. The van der Waals surface area contributed by atoms with Gasteiger partial charge in [0.15, 0.2) is 8.32 Å². The van der Waals surface area contributed by atoms with Crippen molar-refractivity contribution in [1.82, 2.24) is 19.9 Å². The molecule has 1 fully saturated rings. The molecule has 1 aliphatic heterocycles. The van der Waals surface area contributed by atoms with Gasteiger partial charge in [0.25, 0.3) is 0 Å². The third-order valence-corrected chi connectivity index (χ3v) is 14.4. The van der Waals surface area contributed by atoms with Crippen LogP contribution >= 0.6 is 0 Å². The number of aromatic hydroxyl groups is 1. The number of benzene rings is 2. The summed E-state index contributed by atoms with van der Waals surface area (Å²) in [6, 6.07) is 15.5. The number of H-pyrrole nitrogens is 1. The number of nitrogens with one attached hydrogen (secondary N) is 3. The highest BCUT2D eigenvalue weighted by Gasteiger charge is 2.40. The number of piperidine rings is 1. The van der Waals surface area contributed by atoms with Crippen LogP contribution in [0.25, 0.3) is 10.9 Å². The number of sulfonamides is 1. The number of likely N-dealkylation sites (tertiary alicyclic amines) is 1. The van der Waals surface area contributed by atoms with Crippen molar-refractivity contribution in [2.45, 2.75) is 68.8 Å². The van der Waals surface area contributed by atoms with Gasteiger partial charge in [-0.1, -0.05) is 45.0 Å². The van der Waals surface area contributed by atoms with Gasteiger partial charge in [-0.25, -0.2) is 13.1 Å². The fourth-order valence-electron chi connectivity index (χ4n) is 4.94. The highest BCUT2D eigenvalue weighted by molar-refractivity contribution is 7.89. The summed E-state index contributed by atoms with van der Waals surface area (Å²) < 4.78 is 34.6. The Morgan fingerprint density at radius 1 is 1.07 bits per heavy atom. The van der Waals surface area contributed by atoms with Gasteiger partial charge in [0, 0.05) is 37.1 Å². The Labute approximate surface area is 244 Å². The lowest BCUT2D eigenvalue weighted by Gasteiger charge is -2.40. The van der Waals surface area contributed by atoms with Gasteiger partial charge in [-0.3, -0.25) is 4.79 Å². The predicted molar refractivity (Wildman–Crippen MR) is 166 cm³/mol. The molecule has 1 saturated heterocycles. The van der Waals surface area contributed by atoms with E-state index in [0.717, 1.165) is 36.9 Å². The molecule has 4 N–H and O–H groups in total. The molecular formula is C30H44N4O5SSi. The fourth-order valence-corrected chi connectivity index (χ4v) is 7.26. The van der Waals surface area contributed by atoms with Crippen molar-refractivity contribution in [3.05, 3.63) is 70.5 Å². The minimum atomic E-state index is -3.50. The Bertz CT molecular complexity index is 1480. The number of phenolic OH excluding ortho intramolecular Hbond substituents is 1. The van der Waals surface area contributed by atoms with Gasteiger partial charge < -0.3 is 24.7 Å². The Balaban J connectivity index is 1.38. The van der Waals surface area contributed by atoms with Gasteiger partial charge in [0.2, 0.25) is 15.6 Å². The molecule has 0 aliphatic carbocycles. The number of hydrogen-bond acceptors (Lipinski definition) is 7. The Morgan fingerprint density at radius 3 is 2.41 bits per heavy atom. The summed E-state index contributed by atoms with van der Waals surface area (Å²) in [6.45, 7) is 14.5. The second-order valence-corrected chi connectivity index (χ2v) is 18.9. The Kier molecular flexibility index (Phi) is 9.77. The van der Waals surface area contributed by atoms with Crippen LogP contribution in [0.3, 0.4) is 0 Å². The van der Waals surface area contributed by atoms with E-state index in [-0.39, 0.29) is 27.3 Å². The highest BCUT2D eigenvalue weighted by atomic mass is 32.2. The first-order chi connectivity index (χ1) is 19.3. The number of rotatable bonds is 11. The topological polar surface area (TPSA) is 124 Å². The van der Waals surface area contributed by atoms with Crippen molar-refractivity contribution in [3.63, 3.8) is 0 Å². The van der Waals surface area contributed by atoms with E-state index in [4.69, 9.17) is 4.43 Å². The van der Waals surface area contributed by atoms with Crippen LogP contribution in [0.2, 0.25) is 18.1 Å². The molecular weight excluding hydrogens is 557 g/mol. The maximum Gasteiger partial charge on any atom is 0.248 e. The normalized spacial score (nSPS) is 16.7. The summed E-state index contributed by atoms with van der Waals surface area (Å²) in [4.78, 5) is 17.3. The number of aromatic amines is 1. The Hall–Kier alpha value is -2.54. The van der Waals surface area contributed by atoms with Crippen LogP contribution in [0.4, 0.5) is 0 Å². The summed E-state index contributed by atoms with van der Waals surface area (Å²) in [7, 11) is -5.65. The average molecular weight is 601 g/mol. The molecule has 1 atom stereocenters. The van der Waals surface area contributed by atoms with Crippen LogP contribution in [0.15, 0.2) is 64.3 Å². The van der Waals surface area contributed by atoms with Gasteiger partial charge in [-0.2, -0.15) is 0 Å². The monoisotopic (exact) mass is 600 g/mol. The lowest BCUT2D eigenvalue weighted by molar-refractivity contribution is 0.158. The molecule has 2 aromatic carbocycles. The number of hydrogen-bond donors (Lipinski definition) is 4. The molecule has 11 heteroatoms. The van der Waals surface area contributed by atoms with E-state index in [9.17, 15) is 18.3 Å². The lowest BCUT2D eigenvalue weighted by atomic mass is 10.0. The average Bonchev–Trinajstić information content (AvgIpc) is 2.92. The number of fused-ring (bicyclic) bond motifs is 1. The Morgan fingerprint density at radius 2 is 1.76 bits per heavy atom. The van der Waals surface area contributed by atoms with Crippen molar-refractivity contribution in [3.8, 4) is 5.75 Å². The molecule has 0 amide bonds. The summed E-state index contributed by atoms with van der Waals surface area (Å²) in [5.41, 5.74) is 1.11. The molecule has 1 aliphatic rings. The maximum absolute atomic E-state index is 12.5. The molecule has 0 saturated carbocycles. The molecule has 0 spiro atoms. The first-order valence-electron chi connectivity index (χ1n) is 14.3. The zero-order valence-electron chi connectivity index (χ0n) is 24.7. The van der Waals surface area contributed by atoms with E-state index < -0.39 is 18.3 Å². The summed E-state index contributed by atoms with van der Waals surface area (Å²) in [5, 5.41) is 15.0. The van der Waals surface area contributed by atoms with Crippen LogP contribution in [0.1, 0.15) is 45.3 Å². The van der Waals surface area contributed by atoms with Crippen molar-refractivity contribution < 1.29 is 18.0 Å². The first kappa shape index (κ1) is 31.4. The van der Waals surface area contributed by atoms with E-state index in [1.54, 1.807) is 42.5 Å². The molecule has 0 radical (unpaired) electrons. The smallest absolute Gasteiger partial charge is 0.248 e. The predicted octanol–water partition coefficient (Wildman–Crippen LogP) is 4.33. The summed E-state index contributed by atoms with van der Waals surface area (Å²) in [5.74, 6) is 0.0407. The van der Waals surface area contributed by atoms with Gasteiger partial charge in [0.1, 0.15) is 5.75 Å². The van der Waals surface area contributed by atoms with Gasteiger partial charge in [-0.05, 0) is 73.9 Å². The third kappa shape index (κ3) is 7.85. The van der Waals surface area contributed by atoms with Crippen LogP contribution in [-0.2, 0) is 14.4 Å². The molecule has 224 valence electrons.